The number of aliphatic imine (C=N–C) groups is 2. The predicted octanol–water partition coefficient (Wildman–Crippen LogP) is 15.6. The molecule has 0 radical (unpaired) electrons. The molecular formula is C46H76N2. The fourth-order valence-corrected chi connectivity index (χ4v) is 6.80. The molecule has 0 fully saturated rings. The third-order valence-electron chi connectivity index (χ3n) is 9.94. The lowest BCUT2D eigenvalue weighted by atomic mass is 9.96. The van der Waals surface area contributed by atoms with Crippen LogP contribution in [0.1, 0.15) is 205 Å². The number of rotatable bonds is 31. The smallest absolute Gasteiger partial charge is 0.0636 e. The first-order valence-electron chi connectivity index (χ1n) is 21.0. The normalized spacial score (nSPS) is 12.0. The van der Waals surface area contributed by atoms with E-state index in [0.717, 1.165) is 29.9 Å². The van der Waals surface area contributed by atoms with Gasteiger partial charge in [0.25, 0.3) is 0 Å². The van der Waals surface area contributed by atoms with Gasteiger partial charge in [0.2, 0.25) is 0 Å². The third kappa shape index (κ3) is 21.0. The molecule has 0 spiro atoms. The van der Waals surface area contributed by atoms with Crippen molar-refractivity contribution in [1.82, 2.24) is 0 Å². The highest BCUT2D eigenvalue weighted by Gasteiger charge is 2.06. The molecule has 0 saturated heterocycles. The molecule has 0 unspecified atom stereocenters. The first-order chi connectivity index (χ1) is 23.7. The van der Waals surface area contributed by atoms with Gasteiger partial charge in [-0.25, -0.2) is 0 Å². The first-order valence-corrected chi connectivity index (χ1v) is 21.0. The van der Waals surface area contributed by atoms with Crippen LogP contribution in [0.4, 0.5) is 11.4 Å². The molecule has 0 aliphatic rings. The average Bonchev–Trinajstić information content (AvgIpc) is 3.10. The summed E-state index contributed by atoms with van der Waals surface area (Å²) in [7, 11) is 0. The van der Waals surface area contributed by atoms with E-state index in [1.165, 1.54) is 184 Å². The molecule has 0 amide bonds. The van der Waals surface area contributed by atoms with Crippen molar-refractivity contribution in [3.63, 3.8) is 0 Å². The van der Waals surface area contributed by atoms with Crippen LogP contribution >= 0.6 is 0 Å². The predicted molar refractivity (Wildman–Crippen MR) is 217 cm³/mol. The Kier molecular flexibility index (Phi) is 25.9. The van der Waals surface area contributed by atoms with Crippen molar-refractivity contribution in [3.8, 4) is 0 Å². The van der Waals surface area contributed by atoms with Crippen molar-refractivity contribution >= 4 is 23.3 Å². The molecule has 0 heterocycles. The average molecular weight is 657 g/mol. The second kappa shape index (κ2) is 29.7. The van der Waals surface area contributed by atoms with E-state index in [4.69, 9.17) is 9.98 Å². The quantitative estimate of drug-likeness (QED) is 0.0570. The number of aryl methyl sites for hydroxylation is 3. The van der Waals surface area contributed by atoms with Crippen LogP contribution in [0.2, 0.25) is 0 Å². The summed E-state index contributed by atoms with van der Waals surface area (Å²) in [6, 6.07) is 15.9. The lowest BCUT2D eigenvalue weighted by Gasteiger charge is -2.11. The maximum absolute atomic E-state index is 5.17. The summed E-state index contributed by atoms with van der Waals surface area (Å²) in [6.07, 6.45) is 39.0. The minimum atomic E-state index is 0.991. The fourth-order valence-electron chi connectivity index (χ4n) is 6.80. The Labute approximate surface area is 299 Å². The summed E-state index contributed by atoms with van der Waals surface area (Å²) in [5.41, 5.74) is 7.73. The molecule has 0 atom stereocenters. The molecule has 2 aromatic rings. The number of hydrogen-bond donors (Lipinski definition) is 0. The highest BCUT2D eigenvalue weighted by Crippen LogP contribution is 2.24. The van der Waals surface area contributed by atoms with E-state index in [-0.39, 0.29) is 0 Å². The zero-order valence-corrected chi connectivity index (χ0v) is 32.3. The molecule has 2 rings (SSSR count). The molecular weight excluding hydrogens is 581 g/mol. The molecule has 0 N–H and O–H groups in total. The molecule has 270 valence electrons. The first kappa shape index (κ1) is 41.9. The SMILES string of the molecule is CCCCCCCCCCCCCCCCc1cccc(N=C(C=Nc2ccc(CCCCC)c(CCCCC)c2)CCCCCC)c1. The Bertz CT molecular complexity index is 1100. The molecule has 0 saturated carbocycles. The summed E-state index contributed by atoms with van der Waals surface area (Å²) in [5, 5.41) is 0. The second-order valence-corrected chi connectivity index (χ2v) is 14.6. The van der Waals surface area contributed by atoms with Crippen LogP contribution in [0, 0.1) is 0 Å². The van der Waals surface area contributed by atoms with Gasteiger partial charge in [0.15, 0.2) is 0 Å². The van der Waals surface area contributed by atoms with Crippen molar-refractivity contribution in [1.29, 1.82) is 0 Å². The van der Waals surface area contributed by atoms with Crippen molar-refractivity contribution in [2.45, 2.75) is 207 Å². The number of nitrogens with zero attached hydrogens (tertiary/aromatic N) is 2. The van der Waals surface area contributed by atoms with Gasteiger partial charge >= 0.3 is 0 Å². The van der Waals surface area contributed by atoms with Crippen molar-refractivity contribution in [2.75, 3.05) is 0 Å². The lowest BCUT2D eigenvalue weighted by molar-refractivity contribution is 0.535. The van der Waals surface area contributed by atoms with E-state index in [2.05, 4.69) is 76.4 Å². The van der Waals surface area contributed by atoms with Gasteiger partial charge in [-0.15, -0.1) is 0 Å². The van der Waals surface area contributed by atoms with Crippen molar-refractivity contribution in [3.05, 3.63) is 59.2 Å². The summed E-state index contributed by atoms with van der Waals surface area (Å²) in [6.45, 7) is 9.17. The van der Waals surface area contributed by atoms with Gasteiger partial charge in [-0.3, -0.25) is 9.98 Å². The highest BCUT2D eigenvalue weighted by atomic mass is 14.8. The van der Waals surface area contributed by atoms with Gasteiger partial charge < -0.3 is 0 Å². The second-order valence-electron chi connectivity index (χ2n) is 14.6. The summed E-state index contributed by atoms with van der Waals surface area (Å²) < 4.78 is 0. The molecule has 0 aliphatic carbocycles. The minimum absolute atomic E-state index is 0.991. The van der Waals surface area contributed by atoms with Gasteiger partial charge in [0, 0.05) is 6.21 Å². The summed E-state index contributed by atoms with van der Waals surface area (Å²) >= 11 is 0. The van der Waals surface area contributed by atoms with Crippen LogP contribution in [0.15, 0.2) is 52.4 Å². The maximum atomic E-state index is 5.17. The highest BCUT2D eigenvalue weighted by molar-refractivity contribution is 6.31. The topological polar surface area (TPSA) is 24.7 Å². The lowest BCUT2D eigenvalue weighted by Crippen LogP contribution is -2.00. The van der Waals surface area contributed by atoms with E-state index in [9.17, 15) is 0 Å². The number of hydrogen-bond acceptors (Lipinski definition) is 2. The van der Waals surface area contributed by atoms with Crippen molar-refractivity contribution in [2.24, 2.45) is 9.98 Å². The van der Waals surface area contributed by atoms with E-state index in [1.54, 1.807) is 0 Å². The zero-order valence-electron chi connectivity index (χ0n) is 32.3. The fraction of sp³-hybridized carbons (Fsp3) is 0.696. The Hall–Kier alpha value is -2.22. The largest absolute Gasteiger partial charge is 0.255 e. The van der Waals surface area contributed by atoms with Crippen LogP contribution < -0.4 is 0 Å². The Morgan fingerprint density at radius 1 is 0.458 bits per heavy atom. The minimum Gasteiger partial charge on any atom is -0.255 e. The van der Waals surface area contributed by atoms with Gasteiger partial charge in [0.05, 0.1) is 17.1 Å². The summed E-state index contributed by atoms with van der Waals surface area (Å²) in [4.78, 5) is 10.2. The third-order valence-corrected chi connectivity index (χ3v) is 9.94. The Morgan fingerprint density at radius 3 is 1.56 bits per heavy atom. The molecule has 2 heteroatoms. The Morgan fingerprint density at radius 2 is 0.958 bits per heavy atom. The van der Waals surface area contributed by atoms with Crippen LogP contribution in [0.25, 0.3) is 0 Å². The van der Waals surface area contributed by atoms with Crippen LogP contribution in [-0.2, 0) is 19.3 Å². The van der Waals surface area contributed by atoms with E-state index in [0.29, 0.717) is 0 Å². The molecule has 2 aromatic carbocycles. The Balaban J connectivity index is 1.90. The zero-order chi connectivity index (χ0) is 34.3. The van der Waals surface area contributed by atoms with E-state index in [1.807, 2.05) is 0 Å². The summed E-state index contributed by atoms with van der Waals surface area (Å²) in [5.74, 6) is 0. The van der Waals surface area contributed by atoms with Crippen LogP contribution in [0.5, 0.6) is 0 Å². The molecule has 0 aromatic heterocycles. The van der Waals surface area contributed by atoms with Gasteiger partial charge in [-0.05, 0) is 92.3 Å². The molecule has 0 bridgehead atoms. The van der Waals surface area contributed by atoms with Crippen LogP contribution in [0.3, 0.4) is 0 Å². The van der Waals surface area contributed by atoms with Crippen LogP contribution in [-0.4, -0.2) is 11.9 Å². The van der Waals surface area contributed by atoms with Gasteiger partial charge in [-0.2, -0.15) is 0 Å². The van der Waals surface area contributed by atoms with E-state index < -0.39 is 0 Å². The monoisotopic (exact) mass is 657 g/mol. The van der Waals surface area contributed by atoms with E-state index >= 15 is 0 Å². The number of benzene rings is 2. The molecule has 0 aliphatic heterocycles. The van der Waals surface area contributed by atoms with Gasteiger partial charge in [-0.1, -0.05) is 174 Å². The maximum Gasteiger partial charge on any atom is 0.0636 e. The van der Waals surface area contributed by atoms with Gasteiger partial charge in [0.1, 0.15) is 0 Å². The molecule has 2 nitrogen and oxygen atoms in total. The number of unbranched alkanes of at least 4 members (excludes halogenated alkanes) is 20. The van der Waals surface area contributed by atoms with Crippen molar-refractivity contribution < 1.29 is 0 Å². The molecule has 48 heavy (non-hydrogen) atoms. The standard InChI is InChI=1S/C46H76N2/c1-5-9-13-15-16-17-18-19-20-21-22-23-24-27-30-41-31-29-35-45(38-41)48-46(34-28-14-10-6-2)40-47-44-37-36-42(32-25-11-7-3)43(39-44)33-26-12-8-4/h29,31,35-40H,5-28,30,32-34H2,1-4H3.